The average molecular weight is 293 g/mol. The van der Waals surface area contributed by atoms with E-state index in [0.717, 1.165) is 12.1 Å². The number of aliphatic hydroxyl groups is 1. The lowest BCUT2D eigenvalue weighted by molar-refractivity contribution is 0.118. The van der Waals surface area contributed by atoms with Crippen molar-refractivity contribution in [3.8, 4) is 0 Å². The minimum Gasteiger partial charge on any atom is -0.392 e. The Morgan fingerprint density at radius 1 is 1.30 bits per heavy atom. The van der Waals surface area contributed by atoms with E-state index in [0.29, 0.717) is 13.1 Å². The van der Waals surface area contributed by atoms with Crippen LogP contribution in [0.1, 0.15) is 22.9 Å². The van der Waals surface area contributed by atoms with Gasteiger partial charge in [0.1, 0.15) is 5.82 Å². The first-order valence-electron chi connectivity index (χ1n) is 6.72. The van der Waals surface area contributed by atoms with Gasteiger partial charge in [-0.25, -0.2) is 4.39 Å². The molecule has 4 heteroatoms. The van der Waals surface area contributed by atoms with Crippen LogP contribution in [0.2, 0.25) is 0 Å². The molecule has 0 aliphatic carbocycles. The van der Waals surface area contributed by atoms with E-state index in [4.69, 9.17) is 0 Å². The van der Waals surface area contributed by atoms with Crippen LogP contribution in [0.3, 0.4) is 0 Å². The predicted octanol–water partition coefficient (Wildman–Crippen LogP) is 3.58. The Morgan fingerprint density at radius 3 is 2.70 bits per heavy atom. The molecule has 1 N–H and O–H groups in total. The van der Waals surface area contributed by atoms with Gasteiger partial charge in [0.15, 0.2) is 0 Å². The van der Waals surface area contributed by atoms with Crippen LogP contribution in [-0.2, 0) is 13.1 Å². The molecule has 1 aromatic carbocycles. The molecule has 0 bridgehead atoms. The fourth-order valence-electron chi connectivity index (χ4n) is 2.22. The largest absolute Gasteiger partial charge is 0.392 e. The molecule has 2 rings (SSSR count). The molecule has 1 heterocycles. The summed E-state index contributed by atoms with van der Waals surface area (Å²) in [5, 5.41) is 11.7. The topological polar surface area (TPSA) is 23.5 Å². The van der Waals surface area contributed by atoms with Crippen LogP contribution in [0.15, 0.2) is 35.7 Å². The Hall–Kier alpha value is -1.23. The Kier molecular flexibility index (Phi) is 5.29. The lowest BCUT2D eigenvalue weighted by atomic mass is 10.2. The number of rotatable bonds is 6. The summed E-state index contributed by atoms with van der Waals surface area (Å²) in [6.45, 7) is 5.87. The van der Waals surface area contributed by atoms with Gasteiger partial charge < -0.3 is 5.11 Å². The first-order valence-corrected chi connectivity index (χ1v) is 7.60. The SMILES string of the molecule is Cc1ccsc1CN(Cc1cccc(F)c1)CC(C)O. The summed E-state index contributed by atoms with van der Waals surface area (Å²) in [6.07, 6.45) is -0.399. The van der Waals surface area contributed by atoms with E-state index in [-0.39, 0.29) is 5.82 Å². The van der Waals surface area contributed by atoms with Gasteiger partial charge >= 0.3 is 0 Å². The molecule has 108 valence electrons. The molecule has 0 radical (unpaired) electrons. The second-order valence-corrected chi connectivity index (χ2v) is 6.18. The highest BCUT2D eigenvalue weighted by molar-refractivity contribution is 7.10. The van der Waals surface area contributed by atoms with Crippen LogP contribution in [0.4, 0.5) is 4.39 Å². The molecule has 0 aliphatic rings. The maximum Gasteiger partial charge on any atom is 0.123 e. The molecule has 0 aliphatic heterocycles. The maximum absolute atomic E-state index is 13.3. The predicted molar refractivity (Wildman–Crippen MR) is 81.3 cm³/mol. The van der Waals surface area contributed by atoms with Crippen molar-refractivity contribution in [3.05, 3.63) is 57.5 Å². The molecule has 0 saturated heterocycles. The van der Waals surface area contributed by atoms with E-state index < -0.39 is 6.10 Å². The van der Waals surface area contributed by atoms with Gasteiger partial charge in [-0.3, -0.25) is 4.90 Å². The monoisotopic (exact) mass is 293 g/mol. The Labute approximate surface area is 123 Å². The normalized spacial score (nSPS) is 12.8. The molecule has 0 fully saturated rings. The molecule has 0 spiro atoms. The van der Waals surface area contributed by atoms with Crippen molar-refractivity contribution in [3.63, 3.8) is 0 Å². The van der Waals surface area contributed by atoms with Crippen LogP contribution in [0.25, 0.3) is 0 Å². The zero-order chi connectivity index (χ0) is 14.5. The van der Waals surface area contributed by atoms with E-state index in [9.17, 15) is 9.50 Å². The fourth-order valence-corrected chi connectivity index (χ4v) is 3.17. The molecule has 20 heavy (non-hydrogen) atoms. The summed E-state index contributed by atoms with van der Waals surface area (Å²) in [4.78, 5) is 3.44. The van der Waals surface area contributed by atoms with Crippen LogP contribution in [-0.4, -0.2) is 22.7 Å². The van der Waals surface area contributed by atoms with Crippen LogP contribution >= 0.6 is 11.3 Å². The first kappa shape index (κ1) is 15.2. The number of nitrogens with zero attached hydrogens (tertiary/aromatic N) is 1. The van der Waals surface area contributed by atoms with Crippen LogP contribution in [0.5, 0.6) is 0 Å². The highest BCUT2D eigenvalue weighted by atomic mass is 32.1. The van der Waals surface area contributed by atoms with Gasteiger partial charge in [0.2, 0.25) is 0 Å². The lowest BCUT2D eigenvalue weighted by Crippen LogP contribution is -2.30. The van der Waals surface area contributed by atoms with Crippen molar-refractivity contribution in [2.24, 2.45) is 0 Å². The second kappa shape index (κ2) is 6.97. The third kappa shape index (κ3) is 4.40. The molecule has 0 amide bonds. The molecule has 0 saturated carbocycles. The first-order chi connectivity index (χ1) is 9.54. The lowest BCUT2D eigenvalue weighted by Gasteiger charge is -2.23. The molecular weight excluding hydrogens is 273 g/mol. The van der Waals surface area contributed by atoms with Crippen molar-refractivity contribution in [2.75, 3.05) is 6.54 Å². The third-order valence-electron chi connectivity index (χ3n) is 3.15. The quantitative estimate of drug-likeness (QED) is 0.880. The third-order valence-corrected chi connectivity index (χ3v) is 4.16. The second-order valence-electron chi connectivity index (χ2n) is 5.18. The Balaban J connectivity index is 2.09. The van der Waals surface area contributed by atoms with Crippen LogP contribution < -0.4 is 0 Å². The van der Waals surface area contributed by atoms with Gasteiger partial charge in [-0.2, -0.15) is 0 Å². The molecule has 2 aromatic rings. The van der Waals surface area contributed by atoms with E-state index >= 15 is 0 Å². The number of hydrogen-bond acceptors (Lipinski definition) is 3. The Morgan fingerprint density at radius 2 is 2.10 bits per heavy atom. The van der Waals surface area contributed by atoms with Crippen molar-refractivity contribution < 1.29 is 9.50 Å². The maximum atomic E-state index is 13.3. The zero-order valence-electron chi connectivity index (χ0n) is 11.8. The summed E-state index contributed by atoms with van der Waals surface area (Å²) >= 11 is 1.72. The van der Waals surface area contributed by atoms with Gasteiger partial charge in [0, 0.05) is 24.5 Å². The van der Waals surface area contributed by atoms with Crippen molar-refractivity contribution in [2.45, 2.75) is 33.0 Å². The highest BCUT2D eigenvalue weighted by Gasteiger charge is 2.12. The van der Waals surface area contributed by atoms with Gasteiger partial charge in [0.25, 0.3) is 0 Å². The number of thiophene rings is 1. The van der Waals surface area contributed by atoms with Gasteiger partial charge in [0.05, 0.1) is 6.10 Å². The molecule has 1 aromatic heterocycles. The zero-order valence-corrected chi connectivity index (χ0v) is 12.7. The summed E-state index contributed by atoms with van der Waals surface area (Å²) in [6, 6.07) is 8.74. The van der Waals surface area contributed by atoms with E-state index in [1.807, 2.05) is 6.07 Å². The smallest absolute Gasteiger partial charge is 0.123 e. The number of benzene rings is 1. The summed E-state index contributed by atoms with van der Waals surface area (Å²) < 4.78 is 13.3. The highest BCUT2D eigenvalue weighted by Crippen LogP contribution is 2.19. The summed E-state index contributed by atoms with van der Waals surface area (Å²) in [7, 11) is 0. The summed E-state index contributed by atoms with van der Waals surface area (Å²) in [5.74, 6) is -0.216. The van der Waals surface area contributed by atoms with E-state index in [1.54, 1.807) is 30.4 Å². The van der Waals surface area contributed by atoms with Gasteiger partial charge in [-0.05, 0) is 48.6 Å². The van der Waals surface area contributed by atoms with Crippen molar-refractivity contribution >= 4 is 11.3 Å². The van der Waals surface area contributed by atoms with Crippen LogP contribution in [0, 0.1) is 12.7 Å². The van der Waals surface area contributed by atoms with E-state index in [1.165, 1.54) is 16.5 Å². The number of halogens is 1. The summed E-state index contributed by atoms with van der Waals surface area (Å²) in [5.41, 5.74) is 2.20. The molecule has 1 unspecified atom stereocenters. The molecule has 1 atom stereocenters. The van der Waals surface area contributed by atoms with Crippen molar-refractivity contribution in [1.82, 2.24) is 4.90 Å². The standard InChI is InChI=1S/C16H20FNOS/c1-12-6-7-20-16(12)11-18(9-13(2)19)10-14-4-3-5-15(17)8-14/h3-8,13,19H,9-11H2,1-2H3. The number of aliphatic hydroxyl groups excluding tert-OH is 1. The van der Waals surface area contributed by atoms with Gasteiger partial charge in [-0.15, -0.1) is 11.3 Å². The Bertz CT molecular complexity index is 553. The van der Waals surface area contributed by atoms with Crippen molar-refractivity contribution in [1.29, 1.82) is 0 Å². The van der Waals surface area contributed by atoms with E-state index in [2.05, 4.69) is 23.3 Å². The fraction of sp³-hybridized carbons (Fsp3) is 0.375. The number of hydrogen-bond donors (Lipinski definition) is 1. The minimum atomic E-state index is -0.399. The molecule has 2 nitrogen and oxygen atoms in total. The molecular formula is C16H20FNOS. The van der Waals surface area contributed by atoms with Gasteiger partial charge in [-0.1, -0.05) is 12.1 Å². The number of aryl methyl sites for hydroxylation is 1. The average Bonchev–Trinajstić information content (AvgIpc) is 2.74. The minimum absolute atomic E-state index is 0.216.